The Balaban J connectivity index is 1.39. The van der Waals surface area contributed by atoms with Gasteiger partial charge in [0.2, 0.25) is 5.91 Å². The number of anilines is 1. The Labute approximate surface area is 180 Å². The number of rotatable bonds is 9. The molecule has 1 aromatic carbocycles. The van der Waals surface area contributed by atoms with Gasteiger partial charge in [0.15, 0.2) is 0 Å². The van der Waals surface area contributed by atoms with E-state index < -0.39 is 0 Å². The van der Waals surface area contributed by atoms with Gasteiger partial charge < -0.3 is 10.2 Å². The molecule has 156 valence electrons. The van der Waals surface area contributed by atoms with Crippen molar-refractivity contribution in [2.45, 2.75) is 26.7 Å². The molecule has 1 heterocycles. The van der Waals surface area contributed by atoms with E-state index in [0.717, 1.165) is 55.6 Å². The Kier molecular flexibility index (Phi) is 7.68. The number of nitrogens with zero attached hydrogens (tertiary/aromatic N) is 2. The van der Waals surface area contributed by atoms with Gasteiger partial charge >= 0.3 is 0 Å². The van der Waals surface area contributed by atoms with Crippen molar-refractivity contribution in [2.24, 2.45) is 17.8 Å². The van der Waals surface area contributed by atoms with Gasteiger partial charge in [-0.3, -0.25) is 4.79 Å². The van der Waals surface area contributed by atoms with Crippen molar-refractivity contribution in [3.05, 3.63) is 77.9 Å². The topological polar surface area (TPSA) is 56.1 Å². The molecular formula is C26H31N3O. The molecule has 2 aliphatic rings. The Bertz CT molecular complexity index is 891. The summed E-state index contributed by atoms with van der Waals surface area (Å²) in [4.78, 5) is 14.5. The van der Waals surface area contributed by atoms with E-state index >= 15 is 0 Å². The van der Waals surface area contributed by atoms with E-state index in [1.807, 2.05) is 55.5 Å². The average Bonchev–Trinajstić information content (AvgIpc) is 3.21. The van der Waals surface area contributed by atoms with Crippen LogP contribution in [0.1, 0.15) is 32.3 Å². The number of amides is 1. The first-order valence-corrected chi connectivity index (χ1v) is 10.9. The summed E-state index contributed by atoms with van der Waals surface area (Å²) >= 11 is 0. The fourth-order valence-electron chi connectivity index (χ4n) is 4.28. The summed E-state index contributed by atoms with van der Waals surface area (Å²) < 4.78 is 0. The minimum Gasteiger partial charge on any atom is -0.371 e. The Morgan fingerprint density at radius 1 is 1.27 bits per heavy atom. The van der Waals surface area contributed by atoms with Crippen LogP contribution in [0.4, 0.5) is 5.69 Å². The summed E-state index contributed by atoms with van der Waals surface area (Å²) in [7, 11) is 0. The summed E-state index contributed by atoms with van der Waals surface area (Å²) in [5.41, 5.74) is 2.88. The molecule has 4 nitrogen and oxygen atoms in total. The molecule has 30 heavy (non-hydrogen) atoms. The number of hydrogen-bond donors (Lipinski definition) is 1. The Morgan fingerprint density at radius 3 is 2.77 bits per heavy atom. The molecular weight excluding hydrogens is 370 g/mol. The zero-order chi connectivity index (χ0) is 21.3. The SMILES string of the molecule is C\C=C/C=C(\C=C\CC)/C=C/C(=O)NCCC1C2CN(c3cccc(C#N)c3)CC12. The smallest absolute Gasteiger partial charge is 0.243 e. The maximum Gasteiger partial charge on any atom is 0.243 e. The second-order valence-corrected chi connectivity index (χ2v) is 7.97. The van der Waals surface area contributed by atoms with Crippen LogP contribution < -0.4 is 10.2 Å². The van der Waals surface area contributed by atoms with E-state index in [4.69, 9.17) is 5.26 Å². The molecule has 1 saturated heterocycles. The number of piperidine rings is 1. The summed E-state index contributed by atoms with van der Waals surface area (Å²) in [6.07, 6.45) is 15.6. The van der Waals surface area contributed by atoms with Gasteiger partial charge in [0.1, 0.15) is 0 Å². The Hall–Kier alpha value is -3.06. The van der Waals surface area contributed by atoms with Gasteiger partial charge in [-0.1, -0.05) is 43.4 Å². The van der Waals surface area contributed by atoms with E-state index in [0.29, 0.717) is 11.5 Å². The molecule has 2 unspecified atom stereocenters. The lowest BCUT2D eigenvalue weighted by Crippen LogP contribution is -2.26. The zero-order valence-electron chi connectivity index (χ0n) is 17.9. The van der Waals surface area contributed by atoms with Crippen molar-refractivity contribution in [1.82, 2.24) is 5.32 Å². The number of allylic oxidation sites excluding steroid dienone is 7. The first-order chi connectivity index (χ1) is 14.7. The van der Waals surface area contributed by atoms with Crippen molar-refractivity contribution >= 4 is 11.6 Å². The summed E-state index contributed by atoms with van der Waals surface area (Å²) in [6.45, 7) is 6.91. The predicted octanol–water partition coefficient (Wildman–Crippen LogP) is 4.77. The maximum absolute atomic E-state index is 12.1. The van der Waals surface area contributed by atoms with Crippen LogP contribution in [0.5, 0.6) is 0 Å². The highest BCUT2D eigenvalue weighted by Gasteiger charge is 2.54. The predicted molar refractivity (Wildman–Crippen MR) is 123 cm³/mol. The number of carbonyl (C=O) groups is 1. The van der Waals surface area contributed by atoms with Crippen LogP contribution in [-0.4, -0.2) is 25.5 Å². The first-order valence-electron chi connectivity index (χ1n) is 10.9. The van der Waals surface area contributed by atoms with Crippen molar-refractivity contribution in [3.63, 3.8) is 0 Å². The molecule has 2 atom stereocenters. The molecule has 4 heteroatoms. The minimum atomic E-state index is -0.0352. The lowest BCUT2D eigenvalue weighted by molar-refractivity contribution is -0.116. The number of fused-ring (bicyclic) bond motifs is 1. The van der Waals surface area contributed by atoms with Crippen LogP contribution in [0.15, 0.2) is 72.4 Å². The lowest BCUT2D eigenvalue weighted by atomic mass is 10.1. The van der Waals surface area contributed by atoms with Crippen LogP contribution in [0.3, 0.4) is 0 Å². The van der Waals surface area contributed by atoms with Gasteiger partial charge in [0, 0.05) is 31.4 Å². The Morgan fingerprint density at radius 2 is 2.07 bits per heavy atom. The minimum absolute atomic E-state index is 0.0352. The quantitative estimate of drug-likeness (QED) is 0.479. The third-order valence-electron chi connectivity index (χ3n) is 5.94. The number of nitrogens with one attached hydrogen (secondary N) is 1. The molecule has 3 rings (SSSR count). The summed E-state index contributed by atoms with van der Waals surface area (Å²) in [6, 6.07) is 10.1. The first kappa shape index (κ1) is 21.6. The number of benzene rings is 1. The molecule has 1 amide bonds. The second kappa shape index (κ2) is 10.6. The van der Waals surface area contributed by atoms with Gasteiger partial charge in [-0.2, -0.15) is 5.26 Å². The normalized spacial score (nSPS) is 23.3. The molecule has 0 aromatic heterocycles. The van der Waals surface area contributed by atoms with E-state index in [9.17, 15) is 4.79 Å². The monoisotopic (exact) mass is 401 g/mol. The van der Waals surface area contributed by atoms with Crippen molar-refractivity contribution in [3.8, 4) is 6.07 Å². The van der Waals surface area contributed by atoms with Crippen LogP contribution in [0.25, 0.3) is 0 Å². The van der Waals surface area contributed by atoms with E-state index in [1.165, 1.54) is 0 Å². The standard InChI is InChI=1S/C26H31N3O/c1-3-5-8-20(9-6-4-2)12-13-26(30)28-15-14-23-24-18-29(19-25(23)24)22-11-7-10-21(16-22)17-27/h3,5-13,16,23-25H,4,14-15,18-19H2,1-2H3,(H,28,30)/b5-3-,9-6+,13-12+,20-8+. The molecule has 1 aromatic rings. The third-order valence-corrected chi connectivity index (χ3v) is 5.94. The molecule has 1 saturated carbocycles. The number of nitriles is 1. The highest BCUT2D eigenvalue weighted by molar-refractivity contribution is 5.88. The third kappa shape index (κ3) is 5.73. The molecule has 1 aliphatic carbocycles. The molecule has 1 N–H and O–H groups in total. The van der Waals surface area contributed by atoms with Gasteiger partial charge in [0.25, 0.3) is 0 Å². The molecule has 0 bridgehead atoms. The van der Waals surface area contributed by atoms with Gasteiger partial charge in [-0.05, 0) is 67.4 Å². The van der Waals surface area contributed by atoms with Gasteiger partial charge in [0.05, 0.1) is 11.6 Å². The van der Waals surface area contributed by atoms with E-state index in [2.05, 4.69) is 35.4 Å². The second-order valence-electron chi connectivity index (χ2n) is 7.97. The van der Waals surface area contributed by atoms with Gasteiger partial charge in [-0.25, -0.2) is 0 Å². The highest BCUT2D eigenvalue weighted by atomic mass is 16.1. The van der Waals surface area contributed by atoms with E-state index in [-0.39, 0.29) is 5.91 Å². The van der Waals surface area contributed by atoms with Crippen LogP contribution >= 0.6 is 0 Å². The fraction of sp³-hybridized carbons (Fsp3) is 0.385. The van der Waals surface area contributed by atoms with Crippen LogP contribution in [-0.2, 0) is 4.79 Å². The van der Waals surface area contributed by atoms with Crippen molar-refractivity contribution in [2.75, 3.05) is 24.5 Å². The molecule has 0 radical (unpaired) electrons. The zero-order valence-corrected chi connectivity index (χ0v) is 17.9. The number of hydrogen-bond acceptors (Lipinski definition) is 3. The molecule has 1 aliphatic heterocycles. The molecule has 2 fully saturated rings. The average molecular weight is 402 g/mol. The van der Waals surface area contributed by atoms with Crippen LogP contribution in [0.2, 0.25) is 0 Å². The highest BCUT2D eigenvalue weighted by Crippen LogP contribution is 2.54. The van der Waals surface area contributed by atoms with Crippen molar-refractivity contribution < 1.29 is 4.79 Å². The van der Waals surface area contributed by atoms with Crippen LogP contribution in [0, 0.1) is 29.1 Å². The van der Waals surface area contributed by atoms with Gasteiger partial charge in [-0.15, -0.1) is 0 Å². The van der Waals surface area contributed by atoms with Crippen molar-refractivity contribution in [1.29, 1.82) is 5.26 Å². The lowest BCUT2D eigenvalue weighted by Gasteiger charge is -2.22. The maximum atomic E-state index is 12.1. The fourth-order valence-corrected chi connectivity index (χ4v) is 4.28. The van der Waals surface area contributed by atoms with E-state index in [1.54, 1.807) is 6.08 Å². The number of carbonyl (C=O) groups excluding carboxylic acids is 1. The largest absolute Gasteiger partial charge is 0.371 e. The summed E-state index contributed by atoms with van der Waals surface area (Å²) in [5.74, 6) is 2.12. The summed E-state index contributed by atoms with van der Waals surface area (Å²) in [5, 5.41) is 12.1. The molecule has 0 spiro atoms.